The molecule has 0 bridgehead atoms. The predicted molar refractivity (Wildman–Crippen MR) is 118 cm³/mol. The molecule has 0 radical (unpaired) electrons. The number of carbonyl (C=O) groups excluding carboxylic acids is 2. The monoisotopic (exact) mass is 413 g/mol. The summed E-state index contributed by atoms with van der Waals surface area (Å²) >= 11 is 1.82. The van der Waals surface area contributed by atoms with Gasteiger partial charge in [0.1, 0.15) is 5.75 Å². The molecule has 154 valence electrons. The molecule has 1 N–H and O–H groups in total. The summed E-state index contributed by atoms with van der Waals surface area (Å²) in [6, 6.07) is 15.4. The minimum absolute atomic E-state index is 0.0181. The van der Waals surface area contributed by atoms with Gasteiger partial charge in [-0.25, -0.2) is 0 Å². The first-order valence-electron chi connectivity index (χ1n) is 9.67. The number of ether oxygens (including phenoxy) is 1. The second kappa shape index (κ2) is 9.69. The average Bonchev–Trinajstić information content (AvgIpc) is 2.88. The van der Waals surface area contributed by atoms with Crippen molar-refractivity contribution < 1.29 is 14.3 Å². The summed E-state index contributed by atoms with van der Waals surface area (Å²) in [6.07, 6.45) is 0.953. The Morgan fingerprint density at radius 3 is 2.79 bits per heavy atom. The number of hydrogen-bond acceptors (Lipinski definition) is 5. The third kappa shape index (κ3) is 5.67. The van der Waals surface area contributed by atoms with E-state index in [0.29, 0.717) is 17.5 Å². The molecule has 0 aliphatic carbocycles. The number of nitrogens with zero attached hydrogens (tertiary/aromatic N) is 2. The first-order chi connectivity index (χ1) is 13.9. The number of thioether (sulfide) groups is 1. The lowest BCUT2D eigenvalue weighted by Crippen LogP contribution is -2.36. The summed E-state index contributed by atoms with van der Waals surface area (Å²) in [5.41, 5.74) is 1.76. The number of para-hydroxylation sites is 1. The quantitative estimate of drug-likeness (QED) is 0.786. The van der Waals surface area contributed by atoms with Gasteiger partial charge in [0.2, 0.25) is 5.91 Å². The Hall–Kier alpha value is -2.67. The first kappa shape index (κ1) is 21.0. The van der Waals surface area contributed by atoms with Gasteiger partial charge in [-0.2, -0.15) is 0 Å². The number of carbonyl (C=O) groups is 2. The van der Waals surface area contributed by atoms with Crippen LogP contribution in [-0.2, 0) is 9.59 Å². The Kier molecular flexibility index (Phi) is 7.04. The van der Waals surface area contributed by atoms with Gasteiger partial charge in [-0.05, 0) is 30.7 Å². The summed E-state index contributed by atoms with van der Waals surface area (Å²) in [6.45, 7) is 3.07. The molecule has 1 heterocycles. The fourth-order valence-electron chi connectivity index (χ4n) is 2.99. The summed E-state index contributed by atoms with van der Waals surface area (Å²) in [5, 5.41) is 3.65. The van der Waals surface area contributed by atoms with E-state index in [1.54, 1.807) is 26.2 Å². The lowest BCUT2D eigenvalue weighted by atomic mass is 10.2. The summed E-state index contributed by atoms with van der Waals surface area (Å²) in [4.78, 5) is 29.1. The lowest BCUT2D eigenvalue weighted by Gasteiger charge is -2.23. The fourth-order valence-corrected chi connectivity index (χ4v) is 4.10. The summed E-state index contributed by atoms with van der Waals surface area (Å²) in [7, 11) is 3.38. The SMILES string of the molecule is C[C@@H]1CCN(C(=O)CNc2cccc(OCC(=O)N(C)C)c2)c2ccccc2S1. The maximum Gasteiger partial charge on any atom is 0.259 e. The second-order valence-electron chi connectivity index (χ2n) is 7.19. The standard InChI is InChI=1S/C22H27N3O3S/c1-16-11-12-25(19-9-4-5-10-20(19)29-16)21(26)14-23-17-7-6-8-18(13-17)28-15-22(27)24(2)3/h4-10,13,16,23H,11-12,14-15H2,1-3H3/t16-/m1/s1. The van der Waals surface area contributed by atoms with Crippen molar-refractivity contribution >= 4 is 35.0 Å². The molecule has 0 spiro atoms. The molecule has 2 aromatic carbocycles. The van der Waals surface area contributed by atoms with Crippen molar-refractivity contribution in [1.82, 2.24) is 4.90 Å². The molecule has 0 fully saturated rings. The van der Waals surface area contributed by atoms with E-state index < -0.39 is 0 Å². The van der Waals surface area contributed by atoms with Crippen molar-refractivity contribution in [2.45, 2.75) is 23.5 Å². The minimum atomic E-state index is -0.106. The zero-order chi connectivity index (χ0) is 20.8. The zero-order valence-electron chi connectivity index (χ0n) is 17.1. The normalized spacial score (nSPS) is 15.8. The van der Waals surface area contributed by atoms with E-state index in [4.69, 9.17) is 4.74 Å². The molecule has 2 amide bonds. The Morgan fingerprint density at radius 1 is 1.21 bits per heavy atom. The number of rotatable bonds is 6. The smallest absolute Gasteiger partial charge is 0.259 e. The maximum absolute atomic E-state index is 12.9. The van der Waals surface area contributed by atoms with E-state index in [0.717, 1.165) is 22.7 Å². The van der Waals surface area contributed by atoms with E-state index in [2.05, 4.69) is 18.3 Å². The molecular formula is C22H27N3O3S. The third-order valence-electron chi connectivity index (χ3n) is 4.68. The van der Waals surface area contributed by atoms with Crippen molar-refractivity contribution in [3.05, 3.63) is 48.5 Å². The van der Waals surface area contributed by atoms with Gasteiger partial charge in [0.25, 0.3) is 5.91 Å². The Morgan fingerprint density at radius 2 is 2.00 bits per heavy atom. The highest BCUT2D eigenvalue weighted by molar-refractivity contribution is 8.00. The molecule has 29 heavy (non-hydrogen) atoms. The molecule has 1 atom stereocenters. The second-order valence-corrected chi connectivity index (χ2v) is 8.67. The van der Waals surface area contributed by atoms with Crippen molar-refractivity contribution in [3.63, 3.8) is 0 Å². The highest BCUT2D eigenvalue weighted by Crippen LogP contribution is 2.37. The van der Waals surface area contributed by atoms with Gasteiger partial charge in [0, 0.05) is 42.5 Å². The maximum atomic E-state index is 12.9. The Balaban J connectivity index is 1.62. The molecule has 0 aromatic heterocycles. The first-order valence-corrected chi connectivity index (χ1v) is 10.5. The lowest BCUT2D eigenvalue weighted by molar-refractivity contribution is -0.130. The van der Waals surface area contributed by atoms with Gasteiger partial charge < -0.3 is 19.9 Å². The molecule has 1 aliphatic heterocycles. The molecular weight excluding hydrogens is 386 g/mol. The van der Waals surface area contributed by atoms with Crippen LogP contribution in [0, 0.1) is 0 Å². The van der Waals surface area contributed by atoms with Crippen molar-refractivity contribution in [3.8, 4) is 5.75 Å². The molecule has 0 saturated heterocycles. The number of nitrogens with one attached hydrogen (secondary N) is 1. The van der Waals surface area contributed by atoms with Crippen LogP contribution in [0.15, 0.2) is 53.4 Å². The summed E-state index contributed by atoms with van der Waals surface area (Å²) in [5.74, 6) is 0.509. The van der Waals surface area contributed by atoms with Crippen LogP contribution in [0.25, 0.3) is 0 Å². The molecule has 3 rings (SSSR count). The van der Waals surface area contributed by atoms with Gasteiger partial charge in [-0.3, -0.25) is 9.59 Å². The van der Waals surface area contributed by atoms with Gasteiger partial charge in [-0.15, -0.1) is 11.8 Å². The molecule has 1 aliphatic rings. The fraction of sp³-hybridized carbons (Fsp3) is 0.364. The van der Waals surface area contributed by atoms with Crippen LogP contribution >= 0.6 is 11.8 Å². The van der Waals surface area contributed by atoms with Crippen LogP contribution in [0.5, 0.6) is 5.75 Å². The van der Waals surface area contributed by atoms with Crippen LogP contribution in [-0.4, -0.2) is 55.8 Å². The number of hydrogen-bond donors (Lipinski definition) is 1. The molecule has 0 unspecified atom stereocenters. The Labute approximate surface area is 176 Å². The zero-order valence-corrected chi connectivity index (χ0v) is 17.9. The van der Waals surface area contributed by atoms with Crippen LogP contribution in [0.2, 0.25) is 0 Å². The van der Waals surface area contributed by atoms with Gasteiger partial charge in [-0.1, -0.05) is 25.1 Å². The number of amides is 2. The van der Waals surface area contributed by atoms with E-state index in [9.17, 15) is 9.59 Å². The highest BCUT2D eigenvalue weighted by Gasteiger charge is 2.23. The number of fused-ring (bicyclic) bond motifs is 1. The van der Waals surface area contributed by atoms with Crippen molar-refractivity contribution in [1.29, 1.82) is 0 Å². The van der Waals surface area contributed by atoms with Crippen LogP contribution in [0.1, 0.15) is 13.3 Å². The van der Waals surface area contributed by atoms with E-state index in [-0.39, 0.29) is 25.0 Å². The van der Waals surface area contributed by atoms with Crippen LogP contribution < -0.4 is 15.0 Å². The van der Waals surface area contributed by atoms with Crippen molar-refractivity contribution in [2.75, 3.05) is 44.0 Å². The molecule has 7 heteroatoms. The topological polar surface area (TPSA) is 61.9 Å². The Bertz CT molecular complexity index is 872. The number of benzene rings is 2. The van der Waals surface area contributed by atoms with Crippen LogP contribution in [0.3, 0.4) is 0 Å². The third-order valence-corrected chi connectivity index (χ3v) is 5.92. The number of likely N-dealkylation sites (N-methyl/N-ethyl adjacent to an activating group) is 1. The van der Waals surface area contributed by atoms with E-state index in [1.165, 1.54) is 4.90 Å². The molecule has 0 saturated carbocycles. The van der Waals surface area contributed by atoms with Crippen molar-refractivity contribution in [2.24, 2.45) is 0 Å². The van der Waals surface area contributed by atoms with Gasteiger partial charge in [0.15, 0.2) is 6.61 Å². The largest absolute Gasteiger partial charge is 0.484 e. The molecule has 2 aromatic rings. The average molecular weight is 414 g/mol. The minimum Gasteiger partial charge on any atom is -0.484 e. The number of anilines is 2. The molecule has 6 nitrogen and oxygen atoms in total. The summed E-state index contributed by atoms with van der Waals surface area (Å²) < 4.78 is 5.54. The highest BCUT2D eigenvalue weighted by atomic mass is 32.2. The van der Waals surface area contributed by atoms with E-state index >= 15 is 0 Å². The predicted octanol–water partition coefficient (Wildman–Crippen LogP) is 3.48. The van der Waals surface area contributed by atoms with E-state index in [1.807, 2.05) is 47.0 Å². The van der Waals surface area contributed by atoms with Gasteiger partial charge >= 0.3 is 0 Å². The van der Waals surface area contributed by atoms with Gasteiger partial charge in [0.05, 0.1) is 12.2 Å². The van der Waals surface area contributed by atoms with Crippen LogP contribution in [0.4, 0.5) is 11.4 Å².